The van der Waals surface area contributed by atoms with Gasteiger partial charge in [-0.05, 0) is 37.8 Å². The van der Waals surface area contributed by atoms with Crippen LogP contribution in [0.3, 0.4) is 0 Å². The van der Waals surface area contributed by atoms with Crippen molar-refractivity contribution in [2.45, 2.75) is 44.8 Å². The maximum Gasteiger partial charge on any atom is 0.416 e. The maximum absolute atomic E-state index is 13.0. The smallest absolute Gasteiger partial charge is 0.353 e. The number of aromatic nitrogens is 1. The second kappa shape index (κ2) is 9.50. The highest BCUT2D eigenvalue weighted by molar-refractivity contribution is 5.85. The van der Waals surface area contributed by atoms with Crippen LogP contribution in [-0.2, 0) is 11.0 Å². The molecule has 160 valence electrons. The fraction of sp³-hybridized carbons (Fsp3) is 0.667. The first kappa shape index (κ1) is 24.8. The van der Waals surface area contributed by atoms with Crippen LogP contribution in [0.1, 0.15) is 38.2 Å². The van der Waals surface area contributed by atoms with Gasteiger partial charge in [0.05, 0.1) is 11.0 Å². The average Bonchev–Trinajstić information content (AvgIpc) is 3.03. The fourth-order valence-corrected chi connectivity index (χ4v) is 4.08. The van der Waals surface area contributed by atoms with Crippen LogP contribution in [0.5, 0.6) is 0 Å². The number of alkyl halides is 3. The Hall–Kier alpha value is -1.25. The van der Waals surface area contributed by atoms with Crippen LogP contribution in [-0.4, -0.2) is 48.0 Å². The summed E-state index contributed by atoms with van der Waals surface area (Å²) in [4.78, 5) is 20.7. The summed E-state index contributed by atoms with van der Waals surface area (Å²) in [5, 5.41) is 0. The quantitative estimate of drug-likeness (QED) is 0.777. The van der Waals surface area contributed by atoms with Gasteiger partial charge in [-0.3, -0.25) is 4.79 Å². The summed E-state index contributed by atoms with van der Waals surface area (Å²) < 4.78 is 38.6. The summed E-state index contributed by atoms with van der Waals surface area (Å²) >= 11 is 0. The molecule has 1 aromatic heterocycles. The van der Waals surface area contributed by atoms with Crippen LogP contribution in [0.2, 0.25) is 0 Å². The number of pyridine rings is 1. The molecule has 0 unspecified atom stereocenters. The van der Waals surface area contributed by atoms with Gasteiger partial charge in [0.1, 0.15) is 5.82 Å². The number of carbonyl (C=O) groups excluding carboxylic acids is 1. The van der Waals surface area contributed by atoms with Gasteiger partial charge < -0.3 is 15.5 Å². The van der Waals surface area contributed by atoms with Crippen molar-refractivity contribution in [3.8, 4) is 0 Å². The first-order chi connectivity index (χ1) is 12.2. The van der Waals surface area contributed by atoms with Crippen molar-refractivity contribution in [1.82, 2.24) is 9.88 Å². The molecule has 0 spiro atoms. The lowest BCUT2D eigenvalue weighted by Gasteiger charge is -2.40. The van der Waals surface area contributed by atoms with E-state index in [-0.39, 0.29) is 42.2 Å². The number of nitrogens with zero attached hydrogens (tertiary/aromatic N) is 3. The summed E-state index contributed by atoms with van der Waals surface area (Å²) in [5.41, 5.74) is 4.95. The molecule has 1 aliphatic heterocycles. The molecule has 0 aromatic carbocycles. The lowest BCUT2D eigenvalue weighted by molar-refractivity contribution is -0.142. The lowest BCUT2D eigenvalue weighted by Crippen LogP contribution is -2.53. The summed E-state index contributed by atoms with van der Waals surface area (Å²) in [6.45, 7) is 3.97. The third-order valence-corrected chi connectivity index (χ3v) is 5.74. The second-order valence-corrected chi connectivity index (χ2v) is 7.32. The van der Waals surface area contributed by atoms with Gasteiger partial charge in [0, 0.05) is 38.4 Å². The third kappa shape index (κ3) is 5.02. The van der Waals surface area contributed by atoms with E-state index >= 15 is 0 Å². The van der Waals surface area contributed by atoms with E-state index in [0.717, 1.165) is 37.8 Å². The van der Waals surface area contributed by atoms with E-state index in [1.54, 1.807) is 4.90 Å². The number of nitrogens with two attached hydrogens (primary N) is 1. The molecule has 1 amide bonds. The van der Waals surface area contributed by atoms with Crippen LogP contribution in [0.25, 0.3) is 0 Å². The van der Waals surface area contributed by atoms with E-state index in [0.29, 0.717) is 32.0 Å². The molecule has 10 heteroatoms. The van der Waals surface area contributed by atoms with Gasteiger partial charge in [0.15, 0.2) is 0 Å². The van der Waals surface area contributed by atoms with Crippen LogP contribution in [0, 0.1) is 5.41 Å². The molecule has 2 heterocycles. The maximum atomic E-state index is 13.0. The molecule has 3 rings (SSSR count). The monoisotopic (exact) mass is 442 g/mol. The van der Waals surface area contributed by atoms with Gasteiger partial charge in [0.25, 0.3) is 0 Å². The number of hydrogen-bond donors (Lipinski definition) is 1. The van der Waals surface area contributed by atoms with Crippen LogP contribution < -0.4 is 10.6 Å². The van der Waals surface area contributed by atoms with Crippen molar-refractivity contribution in [2.24, 2.45) is 11.1 Å². The van der Waals surface area contributed by atoms with E-state index < -0.39 is 11.7 Å². The number of halogens is 5. The zero-order valence-electron chi connectivity index (χ0n) is 15.7. The van der Waals surface area contributed by atoms with Crippen molar-refractivity contribution < 1.29 is 18.0 Å². The number of anilines is 1. The molecular weight excluding hydrogens is 416 g/mol. The van der Waals surface area contributed by atoms with Gasteiger partial charge in [-0.15, -0.1) is 24.8 Å². The van der Waals surface area contributed by atoms with E-state index in [4.69, 9.17) is 5.73 Å². The highest BCUT2D eigenvalue weighted by Gasteiger charge is 2.45. The first-order valence-corrected chi connectivity index (χ1v) is 9.08. The number of rotatable bonds is 3. The lowest BCUT2D eigenvalue weighted by atomic mass is 9.81. The Bertz CT molecular complexity index is 668. The Labute approximate surface area is 175 Å². The number of amides is 1. The molecule has 2 fully saturated rings. The Morgan fingerprint density at radius 3 is 2.43 bits per heavy atom. The normalized spacial score (nSPS) is 25.1. The molecular formula is C18H27Cl2F3N4O. The van der Waals surface area contributed by atoms with Crippen molar-refractivity contribution in [2.75, 3.05) is 31.1 Å². The third-order valence-electron chi connectivity index (χ3n) is 5.74. The molecule has 1 aliphatic carbocycles. The summed E-state index contributed by atoms with van der Waals surface area (Å²) in [6, 6.07) is 2.12. The minimum Gasteiger partial charge on any atom is -0.353 e. The minimum atomic E-state index is -4.38. The molecule has 1 saturated carbocycles. The molecule has 1 aromatic rings. The predicted octanol–water partition coefficient (Wildman–Crippen LogP) is 3.50. The number of hydrogen-bond acceptors (Lipinski definition) is 4. The van der Waals surface area contributed by atoms with Crippen LogP contribution in [0.15, 0.2) is 18.3 Å². The second-order valence-electron chi connectivity index (χ2n) is 7.32. The SMILES string of the molecule is CC[C@]1(C(=O)N2CCN(c3cc(C(F)(F)F)ccn3)CC2)CC[C@H](N)C1.Cl.Cl. The van der Waals surface area contributed by atoms with Gasteiger partial charge >= 0.3 is 6.18 Å². The predicted molar refractivity (Wildman–Crippen MR) is 107 cm³/mol. The molecule has 1 saturated heterocycles. The van der Waals surface area contributed by atoms with Crippen molar-refractivity contribution in [1.29, 1.82) is 0 Å². The first-order valence-electron chi connectivity index (χ1n) is 9.08. The standard InChI is InChI=1S/C18H25F3N4O.2ClH/c1-2-17(5-3-14(22)12-17)16(26)25-9-7-24(8-10-25)15-11-13(4-6-23-15)18(19,20)21;;/h4,6,11,14H,2-3,5,7-10,12,22H2,1H3;2*1H/t14-,17-;;/m0../s1. The number of carbonyl (C=O) groups is 1. The molecule has 0 bridgehead atoms. The molecule has 2 aliphatic rings. The molecule has 2 N–H and O–H groups in total. The Morgan fingerprint density at radius 2 is 1.93 bits per heavy atom. The highest BCUT2D eigenvalue weighted by atomic mass is 35.5. The van der Waals surface area contributed by atoms with Crippen LogP contribution >= 0.6 is 24.8 Å². The molecule has 28 heavy (non-hydrogen) atoms. The van der Waals surface area contributed by atoms with Gasteiger partial charge in [-0.1, -0.05) is 6.92 Å². The van der Waals surface area contributed by atoms with E-state index in [1.807, 2.05) is 11.8 Å². The summed E-state index contributed by atoms with van der Waals surface area (Å²) in [7, 11) is 0. The van der Waals surface area contributed by atoms with E-state index in [9.17, 15) is 18.0 Å². The van der Waals surface area contributed by atoms with Gasteiger partial charge in [-0.2, -0.15) is 13.2 Å². The zero-order valence-corrected chi connectivity index (χ0v) is 17.4. The van der Waals surface area contributed by atoms with Crippen molar-refractivity contribution in [3.05, 3.63) is 23.9 Å². The van der Waals surface area contributed by atoms with E-state index in [1.165, 1.54) is 6.20 Å². The number of piperazine rings is 1. The minimum absolute atomic E-state index is 0. The van der Waals surface area contributed by atoms with Crippen molar-refractivity contribution in [3.63, 3.8) is 0 Å². The highest BCUT2D eigenvalue weighted by Crippen LogP contribution is 2.42. The van der Waals surface area contributed by atoms with Gasteiger partial charge in [-0.25, -0.2) is 4.98 Å². The fourth-order valence-electron chi connectivity index (χ4n) is 4.08. The molecule has 0 radical (unpaired) electrons. The topological polar surface area (TPSA) is 62.5 Å². The van der Waals surface area contributed by atoms with E-state index in [2.05, 4.69) is 4.98 Å². The Morgan fingerprint density at radius 1 is 1.29 bits per heavy atom. The van der Waals surface area contributed by atoms with Gasteiger partial charge in [0.2, 0.25) is 5.91 Å². The zero-order chi connectivity index (χ0) is 18.9. The largest absolute Gasteiger partial charge is 0.416 e. The molecule has 2 atom stereocenters. The summed E-state index contributed by atoms with van der Waals surface area (Å²) in [5.74, 6) is 0.449. The Balaban J connectivity index is 0.00000196. The molecule has 5 nitrogen and oxygen atoms in total. The average molecular weight is 443 g/mol. The van der Waals surface area contributed by atoms with Crippen LogP contribution in [0.4, 0.5) is 19.0 Å². The summed E-state index contributed by atoms with van der Waals surface area (Å²) in [6.07, 6.45) is -0.0227. The Kier molecular flexibility index (Phi) is 8.41. The van der Waals surface area contributed by atoms with Crippen molar-refractivity contribution >= 4 is 36.5 Å².